The Labute approximate surface area is 132 Å². The van der Waals surface area contributed by atoms with Gasteiger partial charge in [-0.05, 0) is 25.9 Å². The van der Waals surface area contributed by atoms with Crippen molar-refractivity contribution < 1.29 is 22.7 Å². The summed E-state index contributed by atoms with van der Waals surface area (Å²) in [4.78, 5) is 11.1. The summed E-state index contributed by atoms with van der Waals surface area (Å²) in [5.41, 5.74) is -0.184. The fraction of sp³-hybridized carbons (Fsp3) is 0.923. The molecule has 8 nitrogen and oxygen atoms in total. The van der Waals surface area contributed by atoms with Crippen LogP contribution in [0.1, 0.15) is 19.3 Å². The van der Waals surface area contributed by atoms with Gasteiger partial charge < -0.3 is 14.8 Å². The van der Waals surface area contributed by atoms with Crippen LogP contribution in [0.2, 0.25) is 0 Å². The third kappa shape index (κ3) is 5.81. The van der Waals surface area contributed by atoms with Crippen molar-refractivity contribution >= 4 is 16.2 Å². The topological polar surface area (TPSA) is 97.0 Å². The predicted octanol–water partition coefficient (Wildman–Crippen LogP) is -0.668. The summed E-state index contributed by atoms with van der Waals surface area (Å²) in [6.45, 7) is 2.63. The highest BCUT2D eigenvalue weighted by Crippen LogP contribution is 2.28. The molecule has 1 rings (SSSR count). The van der Waals surface area contributed by atoms with Crippen LogP contribution in [0, 0.1) is 5.41 Å². The minimum atomic E-state index is -3.62. The van der Waals surface area contributed by atoms with Crippen molar-refractivity contribution in [2.75, 3.05) is 54.1 Å². The quantitative estimate of drug-likeness (QED) is 0.542. The molecule has 0 aromatic heterocycles. The zero-order valence-corrected chi connectivity index (χ0v) is 14.4. The van der Waals surface area contributed by atoms with Crippen molar-refractivity contribution in [3.05, 3.63) is 0 Å². The molecule has 1 fully saturated rings. The molecule has 0 aromatic rings. The Morgan fingerprint density at radius 3 is 2.50 bits per heavy atom. The van der Waals surface area contributed by atoms with Crippen molar-refractivity contribution in [3.8, 4) is 0 Å². The van der Waals surface area contributed by atoms with Gasteiger partial charge in [-0.25, -0.2) is 4.72 Å². The van der Waals surface area contributed by atoms with E-state index >= 15 is 0 Å². The summed E-state index contributed by atoms with van der Waals surface area (Å²) in [6.07, 6.45) is 1.74. The number of nitrogens with one attached hydrogen (secondary N) is 2. The molecular weight excluding hydrogens is 310 g/mol. The normalized spacial score (nSPS) is 18.4. The lowest BCUT2D eigenvalue weighted by molar-refractivity contribution is -0.140. The molecule has 9 heteroatoms. The summed E-state index contributed by atoms with van der Waals surface area (Å²) >= 11 is 0. The van der Waals surface area contributed by atoms with Crippen molar-refractivity contribution in [2.24, 2.45) is 5.41 Å². The number of rotatable bonds is 9. The summed E-state index contributed by atoms with van der Waals surface area (Å²) in [6, 6.07) is 0. The van der Waals surface area contributed by atoms with Gasteiger partial charge in [0.05, 0.1) is 20.1 Å². The maximum Gasteiger partial charge on any atom is 0.306 e. The van der Waals surface area contributed by atoms with Gasteiger partial charge >= 0.3 is 5.97 Å². The number of carbonyl (C=O) groups is 1. The van der Waals surface area contributed by atoms with Crippen molar-refractivity contribution in [2.45, 2.75) is 19.3 Å². The van der Waals surface area contributed by atoms with Gasteiger partial charge in [0.25, 0.3) is 10.2 Å². The highest BCUT2D eigenvalue weighted by atomic mass is 32.2. The minimum Gasteiger partial charge on any atom is -0.469 e. The van der Waals surface area contributed by atoms with Gasteiger partial charge in [0.2, 0.25) is 0 Å². The first kappa shape index (κ1) is 19.3. The summed E-state index contributed by atoms with van der Waals surface area (Å²) in [5, 5.41) is 3.26. The smallest absolute Gasteiger partial charge is 0.306 e. The zero-order chi connectivity index (χ0) is 16.6. The number of nitrogens with zero attached hydrogens (tertiary/aromatic N) is 1. The van der Waals surface area contributed by atoms with Crippen LogP contribution in [0.3, 0.4) is 0 Å². The van der Waals surface area contributed by atoms with Gasteiger partial charge in [0.15, 0.2) is 0 Å². The van der Waals surface area contributed by atoms with E-state index < -0.39 is 16.2 Å². The molecule has 0 aromatic carbocycles. The fourth-order valence-corrected chi connectivity index (χ4v) is 3.50. The molecule has 0 unspecified atom stereocenters. The van der Waals surface area contributed by atoms with E-state index in [1.165, 1.54) is 14.2 Å². The first-order valence-corrected chi connectivity index (χ1v) is 8.77. The Kier molecular flexibility index (Phi) is 7.70. The monoisotopic (exact) mass is 337 g/mol. The number of esters is 1. The number of methoxy groups -OCH3 is 2. The lowest BCUT2D eigenvalue weighted by Gasteiger charge is -2.37. The molecule has 0 aliphatic carbocycles. The van der Waals surface area contributed by atoms with Crippen LogP contribution >= 0.6 is 0 Å². The van der Waals surface area contributed by atoms with E-state index in [-0.39, 0.29) is 18.4 Å². The van der Waals surface area contributed by atoms with Gasteiger partial charge in [-0.3, -0.25) is 4.79 Å². The number of piperidine rings is 1. The zero-order valence-electron chi connectivity index (χ0n) is 13.6. The predicted molar refractivity (Wildman–Crippen MR) is 82.6 cm³/mol. The third-order valence-corrected chi connectivity index (χ3v) is 5.53. The molecule has 0 saturated carbocycles. The molecule has 0 amide bonds. The third-order valence-electron chi connectivity index (χ3n) is 4.01. The van der Waals surface area contributed by atoms with Gasteiger partial charge in [0.1, 0.15) is 0 Å². The molecule has 1 saturated heterocycles. The average Bonchev–Trinajstić information content (AvgIpc) is 2.51. The second-order valence-electron chi connectivity index (χ2n) is 5.66. The summed E-state index contributed by atoms with van der Waals surface area (Å²) in [7, 11) is 0.725. The van der Waals surface area contributed by atoms with E-state index in [9.17, 15) is 13.2 Å². The Morgan fingerprint density at radius 1 is 1.32 bits per heavy atom. The number of hydrogen-bond acceptors (Lipinski definition) is 6. The molecule has 2 N–H and O–H groups in total. The highest BCUT2D eigenvalue weighted by molar-refractivity contribution is 7.87. The summed E-state index contributed by atoms with van der Waals surface area (Å²) in [5.74, 6) is -0.434. The van der Waals surface area contributed by atoms with E-state index in [4.69, 9.17) is 4.74 Å². The standard InChI is InChI=1S/C13H27N3O5S/c1-16(9-4-12(17)21-3)22(18,19)15-10-13(11-20-2)5-7-14-8-6-13/h14-15H,4-11H2,1-3H3. The van der Waals surface area contributed by atoms with Crippen LogP contribution in [0.5, 0.6) is 0 Å². The number of carbonyl (C=O) groups excluding carboxylic acids is 1. The first-order valence-electron chi connectivity index (χ1n) is 7.33. The van der Waals surface area contributed by atoms with Crippen LogP contribution in [0.4, 0.5) is 0 Å². The largest absolute Gasteiger partial charge is 0.469 e. The van der Waals surface area contributed by atoms with E-state index in [0.29, 0.717) is 13.2 Å². The van der Waals surface area contributed by atoms with Crippen LogP contribution in [-0.2, 0) is 24.5 Å². The van der Waals surface area contributed by atoms with Gasteiger partial charge in [-0.15, -0.1) is 0 Å². The van der Waals surface area contributed by atoms with Crippen LogP contribution in [0.25, 0.3) is 0 Å². The highest BCUT2D eigenvalue weighted by Gasteiger charge is 2.34. The Balaban J connectivity index is 2.56. The van der Waals surface area contributed by atoms with Gasteiger partial charge in [-0.1, -0.05) is 0 Å². The lowest BCUT2D eigenvalue weighted by atomic mass is 9.80. The fourth-order valence-electron chi connectivity index (χ4n) is 2.46. The second-order valence-corrected chi connectivity index (χ2v) is 7.52. The molecule has 1 heterocycles. The molecule has 0 atom stereocenters. The Hall–Kier alpha value is -0.740. The molecule has 1 aliphatic rings. The van der Waals surface area contributed by atoms with Crippen LogP contribution in [-0.4, -0.2) is 72.7 Å². The molecule has 0 spiro atoms. The van der Waals surface area contributed by atoms with E-state index in [1.54, 1.807) is 7.11 Å². The number of ether oxygens (including phenoxy) is 2. The van der Waals surface area contributed by atoms with E-state index in [0.717, 1.165) is 30.2 Å². The van der Waals surface area contributed by atoms with Crippen molar-refractivity contribution in [3.63, 3.8) is 0 Å². The van der Waals surface area contributed by atoms with Crippen LogP contribution in [0.15, 0.2) is 0 Å². The Morgan fingerprint density at radius 2 is 1.95 bits per heavy atom. The van der Waals surface area contributed by atoms with E-state index in [2.05, 4.69) is 14.8 Å². The van der Waals surface area contributed by atoms with Crippen LogP contribution < -0.4 is 10.0 Å². The molecule has 0 radical (unpaired) electrons. The SMILES string of the molecule is COCC1(CNS(=O)(=O)N(C)CCC(=O)OC)CCNCC1. The van der Waals surface area contributed by atoms with Gasteiger partial charge in [-0.2, -0.15) is 12.7 Å². The van der Waals surface area contributed by atoms with Gasteiger partial charge in [0, 0.05) is 32.7 Å². The first-order chi connectivity index (χ1) is 10.4. The molecular formula is C13H27N3O5S. The molecule has 130 valence electrons. The molecule has 0 bridgehead atoms. The number of hydrogen-bond donors (Lipinski definition) is 2. The van der Waals surface area contributed by atoms with Crippen molar-refractivity contribution in [1.29, 1.82) is 0 Å². The molecule has 22 heavy (non-hydrogen) atoms. The summed E-state index contributed by atoms with van der Waals surface area (Å²) < 4.78 is 38.0. The van der Waals surface area contributed by atoms with Crippen molar-refractivity contribution in [1.82, 2.24) is 14.3 Å². The average molecular weight is 337 g/mol. The second kappa shape index (κ2) is 8.78. The minimum absolute atomic E-state index is 0.0288. The van der Waals surface area contributed by atoms with E-state index in [1.807, 2.05) is 0 Å². The lowest BCUT2D eigenvalue weighted by Crippen LogP contribution is -2.49. The maximum atomic E-state index is 12.2. The Bertz CT molecular complexity index is 443. The maximum absolute atomic E-state index is 12.2. The molecule has 1 aliphatic heterocycles.